The molecule has 0 saturated heterocycles. The molecule has 0 aromatic carbocycles. The molecule has 0 spiro atoms. The lowest BCUT2D eigenvalue weighted by Crippen LogP contribution is -2.26. The van der Waals surface area contributed by atoms with Crippen LogP contribution in [-0.4, -0.2) is 27.0 Å². The van der Waals surface area contributed by atoms with Crippen LogP contribution in [0.15, 0.2) is 27.7 Å². The summed E-state index contributed by atoms with van der Waals surface area (Å²) in [5.41, 5.74) is 5.05. The number of aromatic nitrogens is 3. The minimum absolute atomic E-state index is 0.135. The fraction of sp³-hybridized carbons (Fsp3) is 0.333. The minimum atomic E-state index is -0.135. The van der Waals surface area contributed by atoms with Gasteiger partial charge in [0.2, 0.25) is 0 Å². The van der Waals surface area contributed by atoms with Crippen LogP contribution in [0.25, 0.3) is 16.7 Å². The molecule has 0 radical (unpaired) electrons. The highest BCUT2D eigenvalue weighted by Crippen LogP contribution is 2.20. The van der Waals surface area contributed by atoms with Crippen LogP contribution in [0.2, 0.25) is 0 Å². The molecule has 1 N–H and O–H groups in total. The summed E-state index contributed by atoms with van der Waals surface area (Å²) in [6.45, 7) is 10.0. The van der Waals surface area contributed by atoms with E-state index in [9.17, 15) is 4.79 Å². The molecular formula is C15H19N5OS. The third kappa shape index (κ3) is 2.89. The highest BCUT2D eigenvalue weighted by molar-refractivity contribution is 7.98. The predicted molar refractivity (Wildman–Crippen MR) is 92.3 cm³/mol. The van der Waals surface area contributed by atoms with E-state index in [4.69, 9.17) is 0 Å². The summed E-state index contributed by atoms with van der Waals surface area (Å²) in [7, 11) is 0. The third-order valence-electron chi connectivity index (χ3n) is 3.27. The molecule has 2 rings (SSSR count). The van der Waals surface area contributed by atoms with Crippen molar-refractivity contribution < 1.29 is 0 Å². The lowest BCUT2D eigenvalue weighted by Gasteiger charge is -2.13. The van der Waals surface area contributed by atoms with E-state index in [1.54, 1.807) is 23.8 Å². The molecule has 0 unspecified atom stereocenters. The van der Waals surface area contributed by atoms with Crippen molar-refractivity contribution in [2.75, 3.05) is 6.26 Å². The zero-order chi connectivity index (χ0) is 16.3. The van der Waals surface area contributed by atoms with Crippen molar-refractivity contribution in [2.45, 2.75) is 32.5 Å². The average molecular weight is 317 g/mol. The summed E-state index contributed by atoms with van der Waals surface area (Å²) in [6.07, 6.45) is 3.52. The Morgan fingerprint density at radius 3 is 2.86 bits per heavy atom. The zero-order valence-electron chi connectivity index (χ0n) is 13.2. The molecule has 0 aliphatic carbocycles. The molecule has 2 heterocycles. The molecule has 2 aromatic rings. The van der Waals surface area contributed by atoms with Crippen molar-refractivity contribution in [3.63, 3.8) is 0 Å². The molecule has 6 nitrogen and oxygen atoms in total. The molecule has 0 amide bonds. The maximum atomic E-state index is 12.7. The molecule has 0 aliphatic heterocycles. The van der Waals surface area contributed by atoms with Gasteiger partial charge < -0.3 is 0 Å². The van der Waals surface area contributed by atoms with E-state index >= 15 is 0 Å². The highest BCUT2D eigenvalue weighted by Gasteiger charge is 2.14. The van der Waals surface area contributed by atoms with Crippen molar-refractivity contribution in [1.82, 2.24) is 20.0 Å². The van der Waals surface area contributed by atoms with E-state index < -0.39 is 0 Å². The van der Waals surface area contributed by atoms with Crippen LogP contribution in [-0.2, 0) is 6.54 Å². The fourth-order valence-electron chi connectivity index (χ4n) is 2.17. The van der Waals surface area contributed by atoms with E-state index in [2.05, 4.69) is 27.1 Å². The van der Waals surface area contributed by atoms with Crippen LogP contribution < -0.4 is 11.0 Å². The Morgan fingerprint density at radius 1 is 1.55 bits per heavy atom. The number of fused-ring (bicyclic) bond motifs is 1. The lowest BCUT2D eigenvalue weighted by molar-refractivity contribution is 0.735. The Labute approximate surface area is 133 Å². The third-order valence-corrected chi connectivity index (χ3v) is 3.82. The number of rotatable bonds is 5. The molecule has 2 aromatic heterocycles. The molecule has 7 heteroatoms. The van der Waals surface area contributed by atoms with E-state index in [-0.39, 0.29) is 5.56 Å². The summed E-state index contributed by atoms with van der Waals surface area (Å²) in [5, 5.41) is 5.42. The van der Waals surface area contributed by atoms with E-state index in [0.717, 1.165) is 11.1 Å². The topological polar surface area (TPSA) is 72.2 Å². The number of hydrazone groups is 1. The van der Waals surface area contributed by atoms with Gasteiger partial charge >= 0.3 is 0 Å². The quantitative estimate of drug-likeness (QED) is 0.397. The Kier molecular flexibility index (Phi) is 4.97. The lowest BCUT2D eigenvalue weighted by atomic mass is 10.1. The normalized spacial score (nSPS) is 11.3. The van der Waals surface area contributed by atoms with Crippen LogP contribution in [0.1, 0.15) is 25.1 Å². The van der Waals surface area contributed by atoms with Gasteiger partial charge in [-0.15, -0.1) is 0 Å². The molecule has 0 fully saturated rings. The first kappa shape index (κ1) is 16.2. The molecule has 0 bridgehead atoms. The second-order valence-corrected chi connectivity index (χ2v) is 5.39. The van der Waals surface area contributed by atoms with Crippen molar-refractivity contribution >= 4 is 34.7 Å². The first-order valence-corrected chi connectivity index (χ1v) is 8.15. The number of nitrogens with zero attached hydrogens (tertiary/aromatic N) is 4. The summed E-state index contributed by atoms with van der Waals surface area (Å²) >= 11 is 1.46. The smallest absolute Gasteiger partial charge is 0.261 e. The summed E-state index contributed by atoms with van der Waals surface area (Å²) in [5.74, 6) is 0. The monoisotopic (exact) mass is 317 g/mol. The number of aryl methyl sites for hydroxylation is 2. The summed E-state index contributed by atoms with van der Waals surface area (Å²) in [4.78, 5) is 21.6. The number of thioether (sulfide) groups is 1. The molecule has 116 valence electrons. The standard InChI is InChI=1S/C15H19N5OS/c1-6-16-19-10(4)12-8-11-9(3)17-15(22-5)18-13(11)20(7-2)14(12)21/h6,8,19H,4,7H2,1-3,5H3/b16-6-. The van der Waals surface area contributed by atoms with Gasteiger partial charge in [0, 0.05) is 18.1 Å². The van der Waals surface area contributed by atoms with Gasteiger partial charge in [-0.3, -0.25) is 14.8 Å². The van der Waals surface area contributed by atoms with Gasteiger partial charge in [-0.2, -0.15) is 5.10 Å². The van der Waals surface area contributed by atoms with Gasteiger partial charge in [0.25, 0.3) is 5.56 Å². The maximum absolute atomic E-state index is 12.7. The number of pyridine rings is 1. The maximum Gasteiger partial charge on any atom is 0.261 e. The van der Waals surface area contributed by atoms with Gasteiger partial charge in [0.15, 0.2) is 5.16 Å². The molecule has 22 heavy (non-hydrogen) atoms. The van der Waals surface area contributed by atoms with Crippen LogP contribution in [0.5, 0.6) is 0 Å². The zero-order valence-corrected chi connectivity index (χ0v) is 14.0. The molecular weight excluding hydrogens is 298 g/mol. The molecule has 0 aliphatic rings. The van der Waals surface area contributed by atoms with E-state index in [1.807, 2.05) is 20.1 Å². The largest absolute Gasteiger partial charge is 0.292 e. The van der Waals surface area contributed by atoms with Gasteiger partial charge in [0.1, 0.15) is 5.65 Å². The first-order chi connectivity index (χ1) is 10.5. The summed E-state index contributed by atoms with van der Waals surface area (Å²) in [6, 6.07) is 1.78. The minimum Gasteiger partial charge on any atom is -0.292 e. The Hall–Kier alpha value is -2.15. The van der Waals surface area contributed by atoms with Crippen molar-refractivity contribution in [1.29, 1.82) is 0 Å². The van der Waals surface area contributed by atoms with Gasteiger partial charge in [-0.05, 0) is 33.1 Å². The predicted octanol–water partition coefficient (Wildman–Crippen LogP) is 2.41. The SMILES string of the molecule is C=C(N/N=C\C)c1cc2c(C)nc(SC)nc2n(CC)c1=O. The van der Waals surface area contributed by atoms with Gasteiger partial charge in [0.05, 0.1) is 17.0 Å². The van der Waals surface area contributed by atoms with Crippen molar-refractivity contribution in [2.24, 2.45) is 5.10 Å². The molecule has 0 atom stereocenters. The van der Waals surface area contributed by atoms with Gasteiger partial charge in [-0.1, -0.05) is 18.3 Å². The second kappa shape index (κ2) is 6.74. The van der Waals surface area contributed by atoms with Gasteiger partial charge in [-0.25, -0.2) is 9.97 Å². The number of hydrogen-bond acceptors (Lipinski definition) is 6. The number of hydrogen-bond donors (Lipinski definition) is 1. The van der Waals surface area contributed by atoms with Crippen molar-refractivity contribution in [3.8, 4) is 0 Å². The highest BCUT2D eigenvalue weighted by atomic mass is 32.2. The fourth-order valence-corrected chi connectivity index (χ4v) is 2.57. The molecule has 0 saturated carbocycles. The Morgan fingerprint density at radius 2 is 2.27 bits per heavy atom. The Balaban J connectivity index is 2.77. The van der Waals surface area contributed by atoms with Crippen LogP contribution in [0.3, 0.4) is 0 Å². The number of nitrogens with one attached hydrogen (secondary N) is 1. The van der Waals surface area contributed by atoms with Crippen molar-refractivity contribution in [3.05, 3.63) is 34.3 Å². The Bertz CT molecular complexity index is 810. The van der Waals surface area contributed by atoms with Crippen LogP contribution in [0, 0.1) is 6.92 Å². The second-order valence-electron chi connectivity index (χ2n) is 4.62. The van der Waals surface area contributed by atoms with Crippen LogP contribution in [0.4, 0.5) is 0 Å². The van der Waals surface area contributed by atoms with Crippen LogP contribution >= 0.6 is 11.8 Å². The van der Waals surface area contributed by atoms with E-state index in [1.165, 1.54) is 11.8 Å². The average Bonchev–Trinajstić information content (AvgIpc) is 2.51. The van der Waals surface area contributed by atoms with E-state index in [0.29, 0.717) is 28.6 Å². The summed E-state index contributed by atoms with van der Waals surface area (Å²) < 4.78 is 1.64. The first-order valence-electron chi connectivity index (χ1n) is 6.92.